The molecular weight excluding hydrogens is 194 g/mol. The summed E-state index contributed by atoms with van der Waals surface area (Å²) < 4.78 is 4.77. The molecule has 0 saturated carbocycles. The number of carbonyl (C=O) groups excluding carboxylic acids is 1. The quantitative estimate of drug-likeness (QED) is 0.357. The molecule has 0 aromatic heterocycles. The van der Waals surface area contributed by atoms with Gasteiger partial charge in [-0.05, 0) is 6.42 Å². The first-order chi connectivity index (χ1) is 7.26. The molecule has 0 radical (unpaired) electrons. The molecule has 0 aromatic rings. The zero-order valence-electron chi connectivity index (χ0n) is 9.17. The molecule has 0 saturated heterocycles. The third-order valence-electron chi connectivity index (χ3n) is 1.60. The summed E-state index contributed by atoms with van der Waals surface area (Å²) in [6.07, 6.45) is 2.38. The van der Waals surface area contributed by atoms with E-state index < -0.39 is 0 Å². The van der Waals surface area contributed by atoms with Crippen molar-refractivity contribution in [3.8, 4) is 6.07 Å². The van der Waals surface area contributed by atoms with Crippen LogP contribution in [0.15, 0.2) is 11.8 Å². The van der Waals surface area contributed by atoms with Crippen LogP contribution in [0, 0.1) is 11.3 Å². The molecule has 5 heteroatoms. The molecule has 0 aliphatic heterocycles. The van der Waals surface area contributed by atoms with E-state index in [0.29, 0.717) is 13.2 Å². The Morgan fingerprint density at radius 1 is 1.53 bits per heavy atom. The fourth-order valence-electron chi connectivity index (χ4n) is 0.829. The van der Waals surface area contributed by atoms with Gasteiger partial charge in [0.2, 0.25) is 0 Å². The number of methoxy groups -OCH3 is 1. The summed E-state index contributed by atoms with van der Waals surface area (Å²) in [6, 6.07) is 1.83. The third kappa shape index (κ3) is 6.52. The molecule has 0 unspecified atom stereocenters. The Morgan fingerprint density at radius 2 is 2.27 bits per heavy atom. The highest BCUT2D eigenvalue weighted by atomic mass is 16.5. The molecule has 2 N–H and O–H groups in total. The Hall–Kier alpha value is -1.54. The summed E-state index contributed by atoms with van der Waals surface area (Å²) >= 11 is 0. The molecule has 0 spiro atoms. The van der Waals surface area contributed by atoms with Gasteiger partial charge in [-0.1, -0.05) is 6.92 Å². The van der Waals surface area contributed by atoms with Gasteiger partial charge < -0.3 is 15.4 Å². The minimum absolute atomic E-state index is 0.0829. The second-order valence-electron chi connectivity index (χ2n) is 2.87. The topological polar surface area (TPSA) is 74.2 Å². The van der Waals surface area contributed by atoms with Crippen molar-refractivity contribution in [3.63, 3.8) is 0 Å². The number of nitrogens with zero attached hydrogens (tertiary/aromatic N) is 1. The first-order valence-electron chi connectivity index (χ1n) is 4.87. The van der Waals surface area contributed by atoms with E-state index in [0.717, 1.165) is 13.0 Å². The van der Waals surface area contributed by atoms with Gasteiger partial charge in [-0.3, -0.25) is 4.79 Å². The summed E-state index contributed by atoms with van der Waals surface area (Å²) in [6.45, 7) is 3.59. The Bertz CT molecular complexity index is 256. The smallest absolute Gasteiger partial charge is 0.263 e. The van der Waals surface area contributed by atoms with Crippen LogP contribution >= 0.6 is 0 Å². The van der Waals surface area contributed by atoms with Crippen LogP contribution in [0.1, 0.15) is 13.3 Å². The van der Waals surface area contributed by atoms with Crippen molar-refractivity contribution in [3.05, 3.63) is 11.8 Å². The number of nitriles is 1. The van der Waals surface area contributed by atoms with Crippen LogP contribution in [0.4, 0.5) is 0 Å². The first-order valence-corrected chi connectivity index (χ1v) is 4.87. The van der Waals surface area contributed by atoms with E-state index in [1.165, 1.54) is 6.20 Å². The maximum absolute atomic E-state index is 11.3. The van der Waals surface area contributed by atoms with Crippen LogP contribution in [0.3, 0.4) is 0 Å². The van der Waals surface area contributed by atoms with Crippen LogP contribution in [-0.4, -0.2) is 32.7 Å². The second-order valence-corrected chi connectivity index (χ2v) is 2.87. The van der Waals surface area contributed by atoms with Gasteiger partial charge in [-0.15, -0.1) is 0 Å². The van der Waals surface area contributed by atoms with E-state index in [2.05, 4.69) is 10.6 Å². The van der Waals surface area contributed by atoms with Crippen molar-refractivity contribution in [1.29, 1.82) is 5.26 Å². The van der Waals surface area contributed by atoms with Gasteiger partial charge >= 0.3 is 0 Å². The third-order valence-corrected chi connectivity index (χ3v) is 1.60. The van der Waals surface area contributed by atoms with E-state index in [9.17, 15) is 4.79 Å². The maximum atomic E-state index is 11.3. The number of hydrogen-bond donors (Lipinski definition) is 2. The van der Waals surface area contributed by atoms with Crippen molar-refractivity contribution in [1.82, 2.24) is 10.6 Å². The van der Waals surface area contributed by atoms with Crippen LogP contribution in [0.5, 0.6) is 0 Å². The maximum Gasteiger partial charge on any atom is 0.263 e. The number of hydrogen-bond acceptors (Lipinski definition) is 4. The monoisotopic (exact) mass is 211 g/mol. The molecule has 0 aliphatic carbocycles. The predicted molar refractivity (Wildman–Crippen MR) is 56.9 cm³/mol. The zero-order chi connectivity index (χ0) is 11.5. The molecule has 0 aromatic carbocycles. The van der Waals surface area contributed by atoms with E-state index >= 15 is 0 Å². The second kappa shape index (κ2) is 9.03. The van der Waals surface area contributed by atoms with Gasteiger partial charge in [0.15, 0.2) is 0 Å². The van der Waals surface area contributed by atoms with Gasteiger partial charge in [-0.25, -0.2) is 0 Å². The molecule has 0 rings (SSSR count). The Morgan fingerprint density at radius 3 is 2.80 bits per heavy atom. The normalized spacial score (nSPS) is 10.6. The van der Waals surface area contributed by atoms with Gasteiger partial charge in [-0.2, -0.15) is 5.26 Å². The Balaban J connectivity index is 4.00. The lowest BCUT2D eigenvalue weighted by atomic mass is 10.3. The summed E-state index contributed by atoms with van der Waals surface area (Å²) in [4.78, 5) is 11.3. The van der Waals surface area contributed by atoms with E-state index in [1.54, 1.807) is 7.11 Å². The van der Waals surface area contributed by atoms with Gasteiger partial charge in [0.25, 0.3) is 5.91 Å². The SMILES string of the molecule is CCCN/C=C(/C#N)C(=O)NCCOC. The van der Waals surface area contributed by atoms with E-state index in [4.69, 9.17) is 10.00 Å². The standard InChI is InChI=1S/C10H17N3O2/c1-3-4-12-8-9(7-11)10(14)13-5-6-15-2/h8,12H,3-6H2,1-2H3,(H,13,14)/b9-8-. The molecule has 0 bridgehead atoms. The lowest BCUT2D eigenvalue weighted by Crippen LogP contribution is -2.28. The molecule has 84 valence electrons. The summed E-state index contributed by atoms with van der Waals surface area (Å²) in [5, 5.41) is 14.1. The van der Waals surface area contributed by atoms with Crippen molar-refractivity contribution in [2.45, 2.75) is 13.3 Å². The summed E-state index contributed by atoms with van der Waals surface area (Å²) in [5.41, 5.74) is 0.0829. The van der Waals surface area contributed by atoms with Gasteiger partial charge in [0.05, 0.1) is 6.61 Å². The van der Waals surface area contributed by atoms with Crippen LogP contribution in [-0.2, 0) is 9.53 Å². The molecule has 0 aliphatic rings. The fourth-order valence-corrected chi connectivity index (χ4v) is 0.829. The molecule has 0 heterocycles. The minimum Gasteiger partial charge on any atom is -0.390 e. The minimum atomic E-state index is -0.377. The van der Waals surface area contributed by atoms with Crippen LogP contribution in [0.25, 0.3) is 0 Å². The Kier molecular flexibility index (Phi) is 8.10. The lowest BCUT2D eigenvalue weighted by molar-refractivity contribution is -0.117. The van der Waals surface area contributed by atoms with E-state index in [1.807, 2.05) is 13.0 Å². The number of ether oxygens (including phenoxy) is 1. The number of carbonyl (C=O) groups is 1. The molecule has 1 amide bonds. The van der Waals surface area contributed by atoms with Crippen molar-refractivity contribution in [2.75, 3.05) is 26.8 Å². The highest BCUT2D eigenvalue weighted by Crippen LogP contribution is 1.89. The van der Waals surface area contributed by atoms with Crippen LogP contribution < -0.4 is 10.6 Å². The average Bonchev–Trinajstić information content (AvgIpc) is 2.24. The summed E-state index contributed by atoms with van der Waals surface area (Å²) in [5.74, 6) is -0.377. The predicted octanol–water partition coefficient (Wildman–Crippen LogP) is 0.156. The van der Waals surface area contributed by atoms with Gasteiger partial charge in [0.1, 0.15) is 11.6 Å². The van der Waals surface area contributed by atoms with Crippen LogP contribution in [0.2, 0.25) is 0 Å². The van der Waals surface area contributed by atoms with E-state index in [-0.39, 0.29) is 11.5 Å². The highest BCUT2D eigenvalue weighted by molar-refractivity contribution is 5.97. The van der Waals surface area contributed by atoms with Crippen molar-refractivity contribution in [2.24, 2.45) is 0 Å². The van der Waals surface area contributed by atoms with Crippen molar-refractivity contribution < 1.29 is 9.53 Å². The molecular formula is C10H17N3O2. The molecule has 15 heavy (non-hydrogen) atoms. The Labute approximate surface area is 90.1 Å². The van der Waals surface area contributed by atoms with Crippen molar-refractivity contribution >= 4 is 5.91 Å². The average molecular weight is 211 g/mol. The number of rotatable bonds is 7. The molecule has 5 nitrogen and oxygen atoms in total. The first kappa shape index (κ1) is 13.5. The highest BCUT2D eigenvalue weighted by Gasteiger charge is 2.06. The lowest BCUT2D eigenvalue weighted by Gasteiger charge is -2.03. The summed E-state index contributed by atoms with van der Waals surface area (Å²) in [7, 11) is 1.55. The molecule has 0 atom stereocenters. The number of amides is 1. The number of nitrogens with one attached hydrogen (secondary N) is 2. The fraction of sp³-hybridized carbons (Fsp3) is 0.600. The van der Waals surface area contributed by atoms with Gasteiger partial charge in [0, 0.05) is 26.4 Å². The largest absolute Gasteiger partial charge is 0.390 e. The molecule has 0 fully saturated rings. The zero-order valence-corrected chi connectivity index (χ0v) is 9.17.